The van der Waals surface area contributed by atoms with Gasteiger partial charge in [-0.2, -0.15) is 0 Å². The molecule has 0 saturated carbocycles. The van der Waals surface area contributed by atoms with E-state index in [0.717, 1.165) is 32.5 Å². The van der Waals surface area contributed by atoms with Crippen molar-refractivity contribution in [3.05, 3.63) is 52.5 Å². The fraction of sp³-hybridized carbons (Fsp3) is 0.409. The fourth-order valence-corrected chi connectivity index (χ4v) is 4.58. The lowest BCUT2D eigenvalue weighted by Crippen LogP contribution is -2.38. The standard InChI is InChI=1S/C22H26ClN3O3/c23-17-12-16(20-21(19(17)24)29-11-10-28-20)18(22(25)27)15-6-8-26(9-7-15)13-14-4-2-1-3-5-14/h1-5,12,15,18H,6-11,13,24H2,(H2,25,27). The number of nitrogens with two attached hydrogens (primary N) is 2. The third kappa shape index (κ3) is 4.14. The van der Waals surface area contributed by atoms with Gasteiger partial charge in [0, 0.05) is 12.1 Å². The monoisotopic (exact) mass is 415 g/mol. The topological polar surface area (TPSA) is 90.8 Å². The van der Waals surface area contributed by atoms with Crippen LogP contribution < -0.4 is 20.9 Å². The molecule has 1 amide bonds. The number of fused-ring (bicyclic) bond motifs is 1. The predicted octanol–water partition coefficient (Wildman–Crippen LogP) is 3.17. The molecule has 0 radical (unpaired) electrons. The van der Waals surface area contributed by atoms with Gasteiger partial charge < -0.3 is 20.9 Å². The van der Waals surface area contributed by atoms with Gasteiger partial charge in [0.25, 0.3) is 0 Å². The number of nitrogen functional groups attached to an aromatic ring is 1. The van der Waals surface area contributed by atoms with E-state index in [2.05, 4.69) is 29.2 Å². The number of halogens is 1. The van der Waals surface area contributed by atoms with Crippen LogP contribution in [0.1, 0.15) is 29.9 Å². The first-order chi connectivity index (χ1) is 14.0. The number of likely N-dealkylation sites (tertiary alicyclic amines) is 1. The van der Waals surface area contributed by atoms with E-state index < -0.39 is 5.92 Å². The smallest absolute Gasteiger partial charge is 0.225 e. The van der Waals surface area contributed by atoms with Gasteiger partial charge in [0.2, 0.25) is 5.91 Å². The van der Waals surface area contributed by atoms with Crippen molar-refractivity contribution in [1.82, 2.24) is 4.90 Å². The molecule has 2 heterocycles. The van der Waals surface area contributed by atoms with E-state index in [1.54, 1.807) is 6.07 Å². The van der Waals surface area contributed by atoms with Gasteiger partial charge in [-0.3, -0.25) is 9.69 Å². The number of carbonyl (C=O) groups excluding carboxylic acids is 1. The average molecular weight is 416 g/mol. The highest BCUT2D eigenvalue weighted by Crippen LogP contribution is 2.48. The van der Waals surface area contributed by atoms with E-state index in [1.165, 1.54) is 5.56 Å². The second-order valence-electron chi connectivity index (χ2n) is 7.70. The van der Waals surface area contributed by atoms with Gasteiger partial charge in [0.05, 0.1) is 16.6 Å². The lowest BCUT2D eigenvalue weighted by Gasteiger charge is -2.36. The quantitative estimate of drug-likeness (QED) is 0.732. The summed E-state index contributed by atoms with van der Waals surface area (Å²) in [6, 6.07) is 12.1. The maximum atomic E-state index is 12.5. The highest BCUT2D eigenvalue weighted by molar-refractivity contribution is 6.33. The largest absolute Gasteiger partial charge is 0.486 e. The number of ether oxygens (including phenoxy) is 2. The summed E-state index contributed by atoms with van der Waals surface area (Å²) in [4.78, 5) is 14.9. The van der Waals surface area contributed by atoms with Gasteiger partial charge >= 0.3 is 0 Å². The zero-order valence-electron chi connectivity index (χ0n) is 16.3. The summed E-state index contributed by atoms with van der Waals surface area (Å²) >= 11 is 6.33. The number of benzene rings is 2. The number of rotatable bonds is 5. The van der Waals surface area contributed by atoms with Crippen LogP contribution in [0.3, 0.4) is 0 Å². The van der Waals surface area contributed by atoms with Crippen LogP contribution in [0.5, 0.6) is 11.5 Å². The predicted molar refractivity (Wildman–Crippen MR) is 113 cm³/mol. The molecular formula is C22H26ClN3O3. The first-order valence-corrected chi connectivity index (χ1v) is 10.4. The van der Waals surface area contributed by atoms with Crippen LogP contribution in [-0.2, 0) is 11.3 Å². The summed E-state index contributed by atoms with van der Waals surface area (Å²) in [7, 11) is 0. The minimum Gasteiger partial charge on any atom is -0.486 e. The van der Waals surface area contributed by atoms with Crippen molar-refractivity contribution in [1.29, 1.82) is 0 Å². The Morgan fingerprint density at radius 3 is 2.45 bits per heavy atom. The molecule has 0 aromatic heterocycles. The summed E-state index contributed by atoms with van der Waals surface area (Å²) in [5.41, 5.74) is 14.2. The normalized spacial score (nSPS) is 18.4. The van der Waals surface area contributed by atoms with Crippen molar-refractivity contribution in [3.8, 4) is 11.5 Å². The molecule has 2 aliphatic rings. The van der Waals surface area contributed by atoms with Crippen LogP contribution in [-0.4, -0.2) is 37.1 Å². The summed E-state index contributed by atoms with van der Waals surface area (Å²) in [5.74, 6) is 0.195. The lowest BCUT2D eigenvalue weighted by atomic mass is 9.79. The Kier molecular flexibility index (Phi) is 5.83. The lowest BCUT2D eigenvalue weighted by molar-refractivity contribution is -0.121. The van der Waals surface area contributed by atoms with Crippen molar-refractivity contribution in [2.45, 2.75) is 25.3 Å². The number of anilines is 1. The molecular weight excluding hydrogens is 390 g/mol. The molecule has 154 valence electrons. The van der Waals surface area contributed by atoms with Gasteiger partial charge in [0.15, 0.2) is 11.5 Å². The fourth-order valence-electron chi connectivity index (χ4n) is 4.38. The second kappa shape index (κ2) is 8.51. The van der Waals surface area contributed by atoms with Crippen molar-refractivity contribution in [2.75, 3.05) is 32.0 Å². The van der Waals surface area contributed by atoms with Crippen LogP contribution >= 0.6 is 11.6 Å². The summed E-state index contributed by atoms with van der Waals surface area (Å²) < 4.78 is 11.5. The van der Waals surface area contributed by atoms with Crippen LogP contribution in [0, 0.1) is 5.92 Å². The molecule has 6 nitrogen and oxygen atoms in total. The molecule has 4 N–H and O–H groups in total. The number of piperidine rings is 1. The van der Waals surface area contributed by atoms with E-state index in [0.29, 0.717) is 41.0 Å². The van der Waals surface area contributed by atoms with Crippen LogP contribution in [0.4, 0.5) is 5.69 Å². The second-order valence-corrected chi connectivity index (χ2v) is 8.10. The number of hydrogen-bond acceptors (Lipinski definition) is 5. The Hall–Kier alpha value is -2.44. The molecule has 1 fully saturated rings. The van der Waals surface area contributed by atoms with Gasteiger partial charge in [-0.15, -0.1) is 0 Å². The van der Waals surface area contributed by atoms with E-state index in [1.807, 2.05) is 6.07 Å². The molecule has 0 aliphatic carbocycles. The highest BCUT2D eigenvalue weighted by atomic mass is 35.5. The Balaban J connectivity index is 1.54. The third-order valence-corrected chi connectivity index (χ3v) is 6.14. The van der Waals surface area contributed by atoms with E-state index in [-0.39, 0.29) is 11.8 Å². The molecule has 2 aliphatic heterocycles. The molecule has 1 unspecified atom stereocenters. The summed E-state index contributed by atoms with van der Waals surface area (Å²) in [6.45, 7) is 3.53. The Labute approximate surface area is 175 Å². The molecule has 7 heteroatoms. The molecule has 0 spiro atoms. The number of primary amides is 1. The SMILES string of the molecule is NC(=O)C(c1cc(Cl)c(N)c2c1OCCO2)C1CCN(Cc2ccccc2)CC1. The van der Waals surface area contributed by atoms with Gasteiger partial charge in [0.1, 0.15) is 13.2 Å². The van der Waals surface area contributed by atoms with Crippen molar-refractivity contribution >= 4 is 23.2 Å². The number of carbonyl (C=O) groups is 1. The summed E-state index contributed by atoms with van der Waals surface area (Å²) in [5, 5.41) is 0.358. The average Bonchev–Trinajstić information content (AvgIpc) is 2.73. The van der Waals surface area contributed by atoms with E-state index in [9.17, 15) is 4.79 Å². The number of nitrogens with zero attached hydrogens (tertiary/aromatic N) is 1. The van der Waals surface area contributed by atoms with E-state index >= 15 is 0 Å². The zero-order valence-corrected chi connectivity index (χ0v) is 17.0. The van der Waals surface area contributed by atoms with Crippen LogP contribution in [0.15, 0.2) is 36.4 Å². The highest BCUT2D eigenvalue weighted by Gasteiger charge is 2.36. The van der Waals surface area contributed by atoms with Crippen LogP contribution in [0.25, 0.3) is 0 Å². The first-order valence-electron chi connectivity index (χ1n) is 9.97. The maximum Gasteiger partial charge on any atom is 0.225 e. The summed E-state index contributed by atoms with van der Waals surface area (Å²) in [6.07, 6.45) is 1.75. The third-order valence-electron chi connectivity index (χ3n) is 5.82. The Morgan fingerprint density at radius 1 is 1.14 bits per heavy atom. The Bertz CT molecular complexity index is 883. The molecule has 4 rings (SSSR count). The Morgan fingerprint density at radius 2 is 1.79 bits per heavy atom. The van der Waals surface area contributed by atoms with Crippen LogP contribution in [0.2, 0.25) is 5.02 Å². The van der Waals surface area contributed by atoms with E-state index in [4.69, 9.17) is 32.5 Å². The van der Waals surface area contributed by atoms with Crippen molar-refractivity contribution in [3.63, 3.8) is 0 Å². The van der Waals surface area contributed by atoms with Gasteiger partial charge in [-0.1, -0.05) is 41.9 Å². The molecule has 1 atom stereocenters. The molecule has 2 aromatic rings. The zero-order chi connectivity index (χ0) is 20.4. The number of amides is 1. The van der Waals surface area contributed by atoms with Crippen molar-refractivity contribution in [2.24, 2.45) is 11.7 Å². The first kappa shape index (κ1) is 19.9. The minimum atomic E-state index is -0.484. The molecule has 1 saturated heterocycles. The molecule has 29 heavy (non-hydrogen) atoms. The molecule has 0 bridgehead atoms. The maximum absolute atomic E-state index is 12.5. The molecule has 2 aromatic carbocycles. The van der Waals surface area contributed by atoms with Crippen molar-refractivity contribution < 1.29 is 14.3 Å². The van der Waals surface area contributed by atoms with Gasteiger partial charge in [-0.25, -0.2) is 0 Å². The number of hydrogen-bond donors (Lipinski definition) is 2. The minimum absolute atomic E-state index is 0.119. The van der Waals surface area contributed by atoms with Gasteiger partial charge in [-0.05, 0) is 43.5 Å².